The van der Waals surface area contributed by atoms with Gasteiger partial charge in [-0.2, -0.15) is 0 Å². The van der Waals surface area contributed by atoms with Crippen LogP contribution in [0.2, 0.25) is 0 Å². The molecule has 0 spiro atoms. The second-order valence-corrected chi connectivity index (χ2v) is 20.7. The van der Waals surface area contributed by atoms with Crippen molar-refractivity contribution < 1.29 is 24.5 Å². The van der Waals surface area contributed by atoms with E-state index in [4.69, 9.17) is 4.74 Å². The van der Waals surface area contributed by atoms with Crippen LogP contribution < -0.4 is 5.32 Å². The molecule has 0 aromatic rings. The second-order valence-electron chi connectivity index (χ2n) is 20.7. The molecular formula is C62H117NO5. The molecule has 2 atom stereocenters. The first-order chi connectivity index (χ1) is 33.5. The number of unbranched alkanes of at least 4 members (excludes halogenated alkanes) is 41. The maximum absolute atomic E-state index is 12.5. The molecule has 0 aromatic carbocycles. The second kappa shape index (κ2) is 57.7. The van der Waals surface area contributed by atoms with Gasteiger partial charge < -0.3 is 20.3 Å². The topological polar surface area (TPSA) is 95.9 Å². The fraction of sp³-hybridized carbons (Fsp3) is 0.871. The molecular weight excluding hydrogens is 839 g/mol. The van der Waals surface area contributed by atoms with Crippen molar-refractivity contribution in [2.24, 2.45) is 0 Å². The van der Waals surface area contributed by atoms with E-state index < -0.39 is 12.1 Å². The summed E-state index contributed by atoms with van der Waals surface area (Å²) in [5.74, 6) is -0.0866. The molecule has 0 bridgehead atoms. The van der Waals surface area contributed by atoms with Gasteiger partial charge in [0.2, 0.25) is 5.91 Å². The number of carbonyl (C=O) groups is 2. The zero-order valence-corrected chi connectivity index (χ0v) is 45.6. The van der Waals surface area contributed by atoms with Crippen LogP contribution in [0.4, 0.5) is 0 Å². The van der Waals surface area contributed by atoms with Crippen molar-refractivity contribution in [1.29, 1.82) is 0 Å². The first-order valence-electron chi connectivity index (χ1n) is 30.3. The predicted molar refractivity (Wildman–Crippen MR) is 296 cm³/mol. The molecule has 68 heavy (non-hydrogen) atoms. The highest BCUT2D eigenvalue weighted by Gasteiger charge is 2.18. The van der Waals surface area contributed by atoms with E-state index in [0.717, 1.165) is 64.2 Å². The van der Waals surface area contributed by atoms with Crippen molar-refractivity contribution in [3.05, 3.63) is 36.5 Å². The molecule has 2 unspecified atom stereocenters. The predicted octanol–water partition coefficient (Wildman–Crippen LogP) is 18.8. The Hall–Kier alpha value is -1.92. The number of amides is 1. The molecule has 0 aromatic heterocycles. The van der Waals surface area contributed by atoms with Crippen LogP contribution >= 0.6 is 0 Å². The largest absolute Gasteiger partial charge is 0.466 e. The molecule has 0 aliphatic heterocycles. The average Bonchev–Trinajstić information content (AvgIpc) is 3.34. The number of esters is 1. The van der Waals surface area contributed by atoms with Gasteiger partial charge in [0.25, 0.3) is 0 Å². The molecule has 400 valence electrons. The van der Waals surface area contributed by atoms with Crippen molar-refractivity contribution in [2.45, 2.75) is 334 Å². The van der Waals surface area contributed by atoms with E-state index in [2.05, 4.69) is 43.5 Å². The highest BCUT2D eigenvalue weighted by molar-refractivity contribution is 5.76. The molecule has 0 heterocycles. The van der Waals surface area contributed by atoms with Gasteiger partial charge >= 0.3 is 5.97 Å². The lowest BCUT2D eigenvalue weighted by Gasteiger charge is -2.20. The average molecular weight is 957 g/mol. The highest BCUT2D eigenvalue weighted by Crippen LogP contribution is 2.16. The molecule has 0 rings (SSSR count). The quantitative estimate of drug-likeness (QED) is 0.0321. The lowest BCUT2D eigenvalue weighted by molar-refractivity contribution is -0.143. The highest BCUT2D eigenvalue weighted by atomic mass is 16.5. The van der Waals surface area contributed by atoms with Crippen LogP contribution in [0.25, 0.3) is 0 Å². The maximum atomic E-state index is 12.5. The number of hydrogen-bond donors (Lipinski definition) is 3. The SMILES string of the molecule is CCCCCCCC/C=C\CCCCCCCC(=O)OCCCCCCCCCCC/C=C\CCCCCCCC(=O)NC(CO)C(O)/C=C/CCCCCCCCCCCCCCCCCC. The molecule has 0 aliphatic carbocycles. The van der Waals surface area contributed by atoms with Gasteiger partial charge in [0, 0.05) is 12.8 Å². The molecule has 6 nitrogen and oxygen atoms in total. The van der Waals surface area contributed by atoms with E-state index in [1.807, 2.05) is 6.08 Å². The van der Waals surface area contributed by atoms with Crippen LogP contribution in [0.5, 0.6) is 0 Å². The number of aliphatic hydroxyl groups excluding tert-OH is 2. The molecule has 6 heteroatoms. The zero-order valence-electron chi connectivity index (χ0n) is 45.6. The Balaban J connectivity index is 3.48. The van der Waals surface area contributed by atoms with Crippen LogP contribution in [0, 0.1) is 0 Å². The lowest BCUT2D eigenvalue weighted by Crippen LogP contribution is -2.45. The zero-order chi connectivity index (χ0) is 49.3. The molecule has 0 fully saturated rings. The van der Waals surface area contributed by atoms with Gasteiger partial charge in [0.1, 0.15) is 0 Å². The summed E-state index contributed by atoms with van der Waals surface area (Å²) in [5, 5.41) is 23.1. The van der Waals surface area contributed by atoms with Crippen LogP contribution in [0.1, 0.15) is 322 Å². The first-order valence-corrected chi connectivity index (χ1v) is 30.3. The molecule has 0 saturated carbocycles. The van der Waals surface area contributed by atoms with Crippen LogP contribution in [0.3, 0.4) is 0 Å². The number of carbonyl (C=O) groups excluding carboxylic acids is 2. The Morgan fingerprint density at radius 3 is 1.04 bits per heavy atom. The van der Waals surface area contributed by atoms with Gasteiger partial charge in [-0.05, 0) is 83.5 Å². The first kappa shape index (κ1) is 66.1. The number of rotatable bonds is 56. The van der Waals surface area contributed by atoms with Gasteiger partial charge in [0.15, 0.2) is 0 Å². The Morgan fingerprint density at radius 2 is 0.691 bits per heavy atom. The number of aliphatic hydroxyl groups is 2. The van der Waals surface area contributed by atoms with Crippen molar-refractivity contribution >= 4 is 11.9 Å². The monoisotopic (exact) mass is 956 g/mol. The molecule has 3 N–H and O–H groups in total. The van der Waals surface area contributed by atoms with E-state index in [9.17, 15) is 19.8 Å². The fourth-order valence-corrected chi connectivity index (χ4v) is 9.21. The van der Waals surface area contributed by atoms with Crippen LogP contribution in [-0.4, -0.2) is 47.4 Å². The molecule has 0 radical (unpaired) electrons. The van der Waals surface area contributed by atoms with E-state index >= 15 is 0 Å². The summed E-state index contributed by atoms with van der Waals surface area (Å²) in [6.45, 7) is 4.89. The van der Waals surface area contributed by atoms with Crippen molar-refractivity contribution in [1.82, 2.24) is 5.32 Å². The number of hydrogen-bond acceptors (Lipinski definition) is 5. The number of allylic oxidation sites excluding steroid dienone is 5. The van der Waals surface area contributed by atoms with Gasteiger partial charge in [-0.1, -0.05) is 262 Å². The smallest absolute Gasteiger partial charge is 0.305 e. The minimum atomic E-state index is -0.854. The summed E-state index contributed by atoms with van der Waals surface area (Å²) in [6, 6.07) is -0.639. The van der Waals surface area contributed by atoms with E-state index in [-0.39, 0.29) is 18.5 Å². The van der Waals surface area contributed by atoms with Crippen molar-refractivity contribution in [3.8, 4) is 0 Å². The van der Waals surface area contributed by atoms with Crippen molar-refractivity contribution in [2.75, 3.05) is 13.2 Å². The minimum absolute atomic E-state index is 0.00577. The summed E-state index contributed by atoms with van der Waals surface area (Å²) in [6.07, 6.45) is 71.7. The van der Waals surface area contributed by atoms with Crippen molar-refractivity contribution in [3.63, 3.8) is 0 Å². The minimum Gasteiger partial charge on any atom is -0.466 e. The Morgan fingerprint density at radius 1 is 0.397 bits per heavy atom. The number of ether oxygens (including phenoxy) is 1. The van der Waals surface area contributed by atoms with Gasteiger partial charge in [0.05, 0.1) is 25.4 Å². The summed E-state index contributed by atoms with van der Waals surface area (Å²) in [4.78, 5) is 24.5. The van der Waals surface area contributed by atoms with E-state index in [1.165, 1.54) is 231 Å². The Kier molecular flexibility index (Phi) is 56.0. The van der Waals surface area contributed by atoms with Gasteiger partial charge in [-0.3, -0.25) is 9.59 Å². The Labute approximate surface area is 424 Å². The summed E-state index contributed by atoms with van der Waals surface area (Å²) >= 11 is 0. The summed E-state index contributed by atoms with van der Waals surface area (Å²) in [5.41, 5.74) is 0. The number of nitrogens with one attached hydrogen (secondary N) is 1. The molecule has 0 aliphatic rings. The third-order valence-electron chi connectivity index (χ3n) is 13.9. The van der Waals surface area contributed by atoms with Crippen LogP contribution in [-0.2, 0) is 14.3 Å². The fourth-order valence-electron chi connectivity index (χ4n) is 9.21. The van der Waals surface area contributed by atoms with E-state index in [1.54, 1.807) is 6.08 Å². The Bertz CT molecular complexity index is 1100. The third-order valence-corrected chi connectivity index (χ3v) is 13.9. The van der Waals surface area contributed by atoms with Gasteiger partial charge in [-0.25, -0.2) is 0 Å². The van der Waals surface area contributed by atoms with Crippen LogP contribution in [0.15, 0.2) is 36.5 Å². The summed E-state index contributed by atoms with van der Waals surface area (Å²) < 4.78 is 5.47. The summed E-state index contributed by atoms with van der Waals surface area (Å²) in [7, 11) is 0. The van der Waals surface area contributed by atoms with Gasteiger partial charge in [-0.15, -0.1) is 0 Å². The normalized spacial score (nSPS) is 12.8. The molecule has 0 saturated heterocycles. The maximum Gasteiger partial charge on any atom is 0.305 e. The van der Waals surface area contributed by atoms with E-state index in [0.29, 0.717) is 19.4 Å². The lowest BCUT2D eigenvalue weighted by atomic mass is 10.0. The standard InChI is InChI=1S/C62H117NO5/c1-3-5-7-9-11-13-15-17-19-20-23-27-30-34-38-42-46-50-54-60(65)59(58-64)63-61(66)55-51-47-43-39-35-31-28-24-21-22-25-29-33-37-41-45-49-53-57-68-62(67)56-52-48-44-40-36-32-26-18-16-14-12-10-8-6-4-2/h18,24,26,28,50,54,59-60,64-65H,3-17,19-23,25,27,29-49,51-53,55-58H2,1-2H3,(H,63,66)/b26-18-,28-24-,54-50+. The third kappa shape index (κ3) is 53.4. The molecule has 1 amide bonds.